The Bertz CT molecular complexity index is 1170. The molecule has 29 heavy (non-hydrogen) atoms. The molecule has 0 radical (unpaired) electrons. The van der Waals surface area contributed by atoms with Crippen molar-refractivity contribution in [3.8, 4) is 0 Å². The van der Waals surface area contributed by atoms with Gasteiger partial charge in [-0.05, 0) is 49.2 Å². The first-order valence-corrected chi connectivity index (χ1v) is 11.1. The van der Waals surface area contributed by atoms with Crippen LogP contribution < -0.4 is 10.6 Å². The molecule has 0 aliphatic rings. The first-order chi connectivity index (χ1) is 13.6. The zero-order valence-electron chi connectivity index (χ0n) is 16.7. The second-order valence-electron chi connectivity index (χ2n) is 7.42. The maximum atomic E-state index is 13.6. The Morgan fingerprint density at radius 3 is 2.59 bits per heavy atom. The lowest BCUT2D eigenvalue weighted by molar-refractivity contribution is 0.241. The number of nitrogens with one attached hydrogen (secondary N) is 3. The third-order valence-corrected chi connectivity index (χ3v) is 5.87. The number of aryl methyl sites for hydroxylation is 1. The van der Waals surface area contributed by atoms with Crippen molar-refractivity contribution in [1.29, 1.82) is 4.78 Å². The van der Waals surface area contributed by atoms with E-state index in [0.717, 1.165) is 5.56 Å². The molecule has 6 nitrogen and oxygen atoms in total. The van der Waals surface area contributed by atoms with Crippen LogP contribution in [0.15, 0.2) is 51.8 Å². The number of furan rings is 1. The SMILES string of the molecule is Cc1c([C@@H](NC(=O)Nc2cccc([S@@](C)(=N)=O)c2)C(C)C)oc2ccc(F)cc12. The molecule has 0 spiro atoms. The van der Waals surface area contributed by atoms with E-state index in [9.17, 15) is 13.4 Å². The zero-order chi connectivity index (χ0) is 21.3. The monoisotopic (exact) mass is 417 g/mol. The molecule has 154 valence electrons. The topological polar surface area (TPSA) is 95.2 Å². The van der Waals surface area contributed by atoms with Gasteiger partial charge in [-0.1, -0.05) is 19.9 Å². The van der Waals surface area contributed by atoms with E-state index in [1.807, 2.05) is 20.8 Å². The number of carbonyl (C=O) groups excluding carboxylic acids is 1. The first kappa shape index (κ1) is 20.9. The number of rotatable bonds is 5. The summed E-state index contributed by atoms with van der Waals surface area (Å²) in [5.74, 6) is 0.243. The lowest BCUT2D eigenvalue weighted by Crippen LogP contribution is -2.35. The Morgan fingerprint density at radius 2 is 1.93 bits per heavy atom. The number of amides is 2. The molecule has 0 bridgehead atoms. The van der Waals surface area contributed by atoms with E-state index in [4.69, 9.17) is 9.20 Å². The van der Waals surface area contributed by atoms with Crippen molar-refractivity contribution in [3.63, 3.8) is 0 Å². The Kier molecular flexibility index (Phi) is 5.66. The highest BCUT2D eigenvalue weighted by atomic mass is 32.2. The van der Waals surface area contributed by atoms with E-state index < -0.39 is 21.8 Å². The Balaban J connectivity index is 1.85. The Morgan fingerprint density at radius 1 is 1.21 bits per heavy atom. The molecule has 0 saturated heterocycles. The normalized spacial score (nSPS) is 14.6. The summed E-state index contributed by atoms with van der Waals surface area (Å²) in [5, 5.41) is 6.29. The van der Waals surface area contributed by atoms with Gasteiger partial charge in [0, 0.05) is 27.8 Å². The second kappa shape index (κ2) is 7.87. The number of hydrogen-bond donors (Lipinski definition) is 3. The standard InChI is InChI=1S/C21H24FN3O3S/c1-12(2)19(20-13(3)17-10-14(22)8-9-18(17)28-20)25-21(26)24-15-6-5-7-16(11-15)29(4,23)27/h5-12,19,23H,1-4H3,(H2,24,25,26)/t19-,29-/m0/s1. The van der Waals surface area contributed by atoms with Gasteiger partial charge in [-0.15, -0.1) is 0 Å². The van der Waals surface area contributed by atoms with Gasteiger partial charge in [0.1, 0.15) is 17.2 Å². The lowest BCUT2D eigenvalue weighted by Gasteiger charge is -2.21. The molecule has 2 aromatic carbocycles. The summed E-state index contributed by atoms with van der Waals surface area (Å²) >= 11 is 0. The van der Waals surface area contributed by atoms with Gasteiger partial charge >= 0.3 is 6.03 Å². The third kappa shape index (κ3) is 4.59. The minimum atomic E-state index is -2.88. The number of anilines is 1. The van der Waals surface area contributed by atoms with Crippen molar-refractivity contribution in [1.82, 2.24) is 5.32 Å². The highest BCUT2D eigenvalue weighted by Crippen LogP contribution is 2.33. The van der Waals surface area contributed by atoms with Crippen LogP contribution in [0.3, 0.4) is 0 Å². The van der Waals surface area contributed by atoms with Crippen molar-refractivity contribution in [3.05, 3.63) is 59.6 Å². The number of halogens is 1. The van der Waals surface area contributed by atoms with Crippen LogP contribution in [0.2, 0.25) is 0 Å². The minimum absolute atomic E-state index is 0.0128. The van der Waals surface area contributed by atoms with Crippen LogP contribution in [0.25, 0.3) is 11.0 Å². The van der Waals surface area contributed by atoms with Crippen LogP contribution in [-0.2, 0) is 9.73 Å². The highest BCUT2D eigenvalue weighted by molar-refractivity contribution is 7.91. The number of fused-ring (bicyclic) bond motifs is 1. The maximum absolute atomic E-state index is 13.6. The van der Waals surface area contributed by atoms with Crippen LogP contribution in [0.4, 0.5) is 14.9 Å². The zero-order valence-corrected chi connectivity index (χ0v) is 17.5. The van der Waals surface area contributed by atoms with Gasteiger partial charge < -0.3 is 15.1 Å². The maximum Gasteiger partial charge on any atom is 0.319 e. The fourth-order valence-electron chi connectivity index (χ4n) is 3.17. The molecular formula is C21H24FN3O3S. The molecule has 1 aromatic heterocycles. The molecule has 0 aliphatic heterocycles. The molecule has 2 amide bonds. The Hall–Kier alpha value is -2.87. The van der Waals surface area contributed by atoms with Crippen LogP contribution in [0, 0.1) is 23.4 Å². The molecule has 3 N–H and O–H groups in total. The van der Waals surface area contributed by atoms with E-state index in [-0.39, 0.29) is 11.7 Å². The summed E-state index contributed by atoms with van der Waals surface area (Å²) in [6, 6.07) is 9.86. The predicted molar refractivity (Wildman–Crippen MR) is 112 cm³/mol. The van der Waals surface area contributed by atoms with Crippen molar-refractivity contribution >= 4 is 32.4 Å². The molecule has 2 atom stereocenters. The molecule has 8 heteroatoms. The predicted octanol–water partition coefficient (Wildman–Crippen LogP) is 5.43. The largest absolute Gasteiger partial charge is 0.459 e. The van der Waals surface area contributed by atoms with Gasteiger partial charge in [0.15, 0.2) is 0 Å². The average molecular weight is 418 g/mol. The molecule has 0 saturated carbocycles. The molecule has 3 rings (SSSR count). The van der Waals surface area contributed by atoms with Crippen molar-refractivity contribution in [2.45, 2.75) is 31.7 Å². The van der Waals surface area contributed by atoms with Crippen LogP contribution in [-0.4, -0.2) is 16.5 Å². The molecule has 1 heterocycles. The summed E-state index contributed by atoms with van der Waals surface area (Å²) in [6.07, 6.45) is 1.33. The average Bonchev–Trinajstić information content (AvgIpc) is 2.95. The van der Waals surface area contributed by atoms with Gasteiger partial charge in [-0.3, -0.25) is 0 Å². The summed E-state index contributed by atoms with van der Waals surface area (Å²) in [4.78, 5) is 12.9. The molecular weight excluding hydrogens is 393 g/mol. The van der Waals surface area contributed by atoms with Gasteiger partial charge in [-0.2, -0.15) is 0 Å². The van der Waals surface area contributed by atoms with E-state index in [1.165, 1.54) is 24.5 Å². The lowest BCUT2D eigenvalue weighted by atomic mass is 9.98. The van der Waals surface area contributed by atoms with Crippen molar-refractivity contribution in [2.75, 3.05) is 11.6 Å². The quantitative estimate of drug-likeness (QED) is 0.516. The van der Waals surface area contributed by atoms with Crippen molar-refractivity contribution < 1.29 is 17.8 Å². The van der Waals surface area contributed by atoms with Gasteiger partial charge in [0.05, 0.1) is 15.8 Å². The van der Waals surface area contributed by atoms with Crippen LogP contribution >= 0.6 is 0 Å². The smallest absolute Gasteiger partial charge is 0.319 e. The second-order valence-corrected chi connectivity index (χ2v) is 9.58. The fraction of sp³-hybridized carbons (Fsp3) is 0.286. The van der Waals surface area contributed by atoms with E-state index in [1.54, 1.807) is 24.3 Å². The summed E-state index contributed by atoms with van der Waals surface area (Å²) < 4.78 is 39.1. The van der Waals surface area contributed by atoms with E-state index in [0.29, 0.717) is 27.3 Å². The summed E-state index contributed by atoms with van der Waals surface area (Å²) in [6.45, 7) is 5.74. The van der Waals surface area contributed by atoms with Gasteiger partial charge in [-0.25, -0.2) is 18.2 Å². The van der Waals surface area contributed by atoms with Crippen LogP contribution in [0.1, 0.15) is 31.2 Å². The minimum Gasteiger partial charge on any atom is -0.459 e. The number of carbonyl (C=O) groups is 1. The summed E-state index contributed by atoms with van der Waals surface area (Å²) in [7, 11) is -2.88. The molecule has 0 unspecified atom stereocenters. The third-order valence-electron chi connectivity index (χ3n) is 4.71. The van der Waals surface area contributed by atoms with Crippen molar-refractivity contribution in [2.24, 2.45) is 5.92 Å². The number of urea groups is 1. The van der Waals surface area contributed by atoms with Gasteiger partial charge in [0.25, 0.3) is 0 Å². The first-order valence-electron chi connectivity index (χ1n) is 9.16. The van der Waals surface area contributed by atoms with E-state index in [2.05, 4.69) is 10.6 Å². The Labute approximate surface area is 169 Å². The fourth-order valence-corrected chi connectivity index (χ4v) is 3.86. The molecule has 0 aliphatic carbocycles. The van der Waals surface area contributed by atoms with Gasteiger partial charge in [0.2, 0.25) is 0 Å². The van der Waals surface area contributed by atoms with E-state index >= 15 is 0 Å². The number of benzene rings is 2. The number of hydrogen-bond acceptors (Lipinski definition) is 4. The molecule has 3 aromatic rings. The molecule has 0 fully saturated rings. The highest BCUT2D eigenvalue weighted by Gasteiger charge is 2.25. The summed E-state index contributed by atoms with van der Waals surface area (Å²) in [5.41, 5.74) is 1.78. The van der Waals surface area contributed by atoms with Crippen LogP contribution in [0.5, 0.6) is 0 Å².